The van der Waals surface area contributed by atoms with Gasteiger partial charge in [0, 0.05) is 17.7 Å². The number of halogens is 1. The molecule has 3 N–H and O–H groups in total. The molecule has 8 heteroatoms. The van der Waals surface area contributed by atoms with Crippen LogP contribution < -0.4 is 20.9 Å². The van der Waals surface area contributed by atoms with Crippen molar-refractivity contribution in [1.82, 2.24) is 10.9 Å². The molecule has 2 aromatic carbocycles. The van der Waals surface area contributed by atoms with E-state index >= 15 is 0 Å². The summed E-state index contributed by atoms with van der Waals surface area (Å²) in [7, 11) is 0. The summed E-state index contributed by atoms with van der Waals surface area (Å²) in [5.74, 6) is -0.238. The van der Waals surface area contributed by atoms with Crippen molar-refractivity contribution in [2.45, 2.75) is 33.6 Å². The standard InChI is InChI=1S/C22H26BrN3O4/c1-4-15-5-10-19(18(23)12-15)30-13-21(28)25-26-22(29)16-6-8-17(9-7-16)24-20(27)11-14(2)3/h5-10,12,14H,4,11,13H2,1-3H3,(H,24,27)(H,25,28)(H,26,29). The lowest BCUT2D eigenvalue weighted by Gasteiger charge is -2.11. The molecule has 0 aliphatic heterocycles. The van der Waals surface area contributed by atoms with E-state index in [1.165, 1.54) is 0 Å². The van der Waals surface area contributed by atoms with E-state index < -0.39 is 11.8 Å². The van der Waals surface area contributed by atoms with Gasteiger partial charge in [-0.25, -0.2) is 0 Å². The molecule has 0 saturated carbocycles. The van der Waals surface area contributed by atoms with Gasteiger partial charge in [0.15, 0.2) is 6.61 Å². The average molecular weight is 476 g/mol. The number of hydrazine groups is 1. The van der Waals surface area contributed by atoms with Crippen LogP contribution in [0.5, 0.6) is 5.75 Å². The summed E-state index contributed by atoms with van der Waals surface area (Å²) >= 11 is 3.41. The molecule has 7 nitrogen and oxygen atoms in total. The Morgan fingerprint density at radius 1 is 1.00 bits per heavy atom. The molecule has 0 atom stereocenters. The zero-order chi connectivity index (χ0) is 22.1. The molecular formula is C22H26BrN3O4. The van der Waals surface area contributed by atoms with Crippen LogP contribution in [0.4, 0.5) is 5.69 Å². The van der Waals surface area contributed by atoms with Gasteiger partial charge in [0.25, 0.3) is 11.8 Å². The van der Waals surface area contributed by atoms with Crippen LogP contribution in [-0.2, 0) is 16.0 Å². The van der Waals surface area contributed by atoms with E-state index in [4.69, 9.17) is 4.74 Å². The highest BCUT2D eigenvalue weighted by Gasteiger charge is 2.10. The maximum atomic E-state index is 12.2. The third-order valence-corrected chi connectivity index (χ3v) is 4.72. The summed E-state index contributed by atoms with van der Waals surface area (Å²) in [4.78, 5) is 35.9. The van der Waals surface area contributed by atoms with Gasteiger partial charge < -0.3 is 10.1 Å². The molecule has 3 amide bonds. The summed E-state index contributed by atoms with van der Waals surface area (Å²) < 4.78 is 6.23. The predicted molar refractivity (Wildman–Crippen MR) is 119 cm³/mol. The van der Waals surface area contributed by atoms with Gasteiger partial charge in [-0.05, 0) is 70.2 Å². The number of benzene rings is 2. The molecular weight excluding hydrogens is 450 g/mol. The highest BCUT2D eigenvalue weighted by atomic mass is 79.9. The first-order valence-corrected chi connectivity index (χ1v) is 10.5. The summed E-state index contributed by atoms with van der Waals surface area (Å²) in [6, 6.07) is 12.0. The number of aryl methyl sites for hydroxylation is 1. The van der Waals surface area contributed by atoms with Gasteiger partial charge in [-0.2, -0.15) is 0 Å². The molecule has 0 bridgehead atoms. The van der Waals surface area contributed by atoms with Gasteiger partial charge in [0.2, 0.25) is 5.91 Å². The van der Waals surface area contributed by atoms with Crippen molar-refractivity contribution >= 4 is 39.3 Å². The van der Waals surface area contributed by atoms with Gasteiger partial charge in [-0.15, -0.1) is 0 Å². The lowest BCUT2D eigenvalue weighted by Crippen LogP contribution is -2.43. The Morgan fingerprint density at radius 2 is 1.70 bits per heavy atom. The van der Waals surface area contributed by atoms with Crippen LogP contribution in [0.3, 0.4) is 0 Å². The van der Waals surface area contributed by atoms with Crippen molar-refractivity contribution < 1.29 is 19.1 Å². The van der Waals surface area contributed by atoms with Crippen LogP contribution in [-0.4, -0.2) is 24.3 Å². The topological polar surface area (TPSA) is 96.5 Å². The lowest BCUT2D eigenvalue weighted by atomic mass is 10.1. The third-order valence-electron chi connectivity index (χ3n) is 4.10. The van der Waals surface area contributed by atoms with E-state index in [-0.39, 0.29) is 18.4 Å². The number of rotatable bonds is 8. The number of hydrogen-bond donors (Lipinski definition) is 3. The Hall–Kier alpha value is -2.87. The molecule has 160 valence electrons. The van der Waals surface area contributed by atoms with E-state index in [0.717, 1.165) is 16.5 Å². The van der Waals surface area contributed by atoms with Gasteiger partial charge >= 0.3 is 0 Å². The molecule has 0 aliphatic rings. The third kappa shape index (κ3) is 7.51. The fourth-order valence-corrected chi connectivity index (χ4v) is 3.09. The van der Waals surface area contributed by atoms with E-state index in [2.05, 4.69) is 39.0 Å². The maximum Gasteiger partial charge on any atom is 0.276 e. The molecule has 0 heterocycles. The number of nitrogens with one attached hydrogen (secondary N) is 3. The Morgan fingerprint density at radius 3 is 2.30 bits per heavy atom. The number of carbonyl (C=O) groups excluding carboxylic acids is 3. The van der Waals surface area contributed by atoms with Gasteiger partial charge in [-0.1, -0.05) is 26.8 Å². The van der Waals surface area contributed by atoms with Gasteiger partial charge in [0.1, 0.15) is 5.75 Å². The van der Waals surface area contributed by atoms with Crippen LogP contribution in [0.15, 0.2) is 46.9 Å². The molecule has 0 radical (unpaired) electrons. The number of anilines is 1. The smallest absolute Gasteiger partial charge is 0.276 e. The second kappa shape index (κ2) is 11.3. The van der Waals surface area contributed by atoms with Crippen molar-refractivity contribution in [1.29, 1.82) is 0 Å². The normalized spacial score (nSPS) is 10.4. The van der Waals surface area contributed by atoms with E-state index in [9.17, 15) is 14.4 Å². The minimum absolute atomic E-state index is 0.0783. The Balaban J connectivity index is 1.79. The van der Waals surface area contributed by atoms with Crippen LogP contribution in [0.25, 0.3) is 0 Å². The Labute approximate surface area is 184 Å². The largest absolute Gasteiger partial charge is 0.483 e. The van der Waals surface area contributed by atoms with Crippen molar-refractivity contribution in [3.05, 3.63) is 58.1 Å². The van der Waals surface area contributed by atoms with Crippen LogP contribution in [0, 0.1) is 5.92 Å². The van der Waals surface area contributed by atoms with Crippen molar-refractivity contribution in [2.24, 2.45) is 5.92 Å². The summed E-state index contributed by atoms with van der Waals surface area (Å²) in [5, 5.41) is 2.77. The first-order chi connectivity index (χ1) is 14.3. The van der Waals surface area contributed by atoms with Crippen LogP contribution >= 0.6 is 15.9 Å². The quantitative estimate of drug-likeness (QED) is 0.505. The molecule has 2 aromatic rings. The molecule has 2 rings (SSSR count). The maximum absolute atomic E-state index is 12.2. The highest BCUT2D eigenvalue weighted by molar-refractivity contribution is 9.10. The first-order valence-electron chi connectivity index (χ1n) is 9.68. The molecule has 0 unspecified atom stereocenters. The van der Waals surface area contributed by atoms with E-state index in [1.807, 2.05) is 26.0 Å². The minimum Gasteiger partial charge on any atom is -0.483 e. The predicted octanol–water partition coefficient (Wildman–Crippen LogP) is 3.84. The summed E-state index contributed by atoms with van der Waals surface area (Å²) in [6.07, 6.45) is 1.33. The fraction of sp³-hybridized carbons (Fsp3) is 0.318. The van der Waals surface area contributed by atoms with E-state index in [1.54, 1.807) is 30.3 Å². The Bertz CT molecular complexity index is 898. The lowest BCUT2D eigenvalue weighted by molar-refractivity contribution is -0.123. The highest BCUT2D eigenvalue weighted by Crippen LogP contribution is 2.26. The molecule has 0 aromatic heterocycles. The Kier molecular flexibility index (Phi) is 8.86. The molecule has 30 heavy (non-hydrogen) atoms. The fourth-order valence-electron chi connectivity index (χ4n) is 2.55. The zero-order valence-corrected chi connectivity index (χ0v) is 18.8. The van der Waals surface area contributed by atoms with Crippen LogP contribution in [0.2, 0.25) is 0 Å². The monoisotopic (exact) mass is 475 g/mol. The summed E-state index contributed by atoms with van der Waals surface area (Å²) in [6.45, 7) is 5.74. The molecule has 0 spiro atoms. The first kappa shape index (κ1) is 23.4. The van der Waals surface area contributed by atoms with E-state index in [0.29, 0.717) is 23.4 Å². The summed E-state index contributed by atoms with van der Waals surface area (Å²) in [5.41, 5.74) is 6.75. The second-order valence-corrected chi connectivity index (χ2v) is 7.99. The van der Waals surface area contributed by atoms with Gasteiger partial charge in [-0.3, -0.25) is 25.2 Å². The number of ether oxygens (including phenoxy) is 1. The second-order valence-electron chi connectivity index (χ2n) is 7.13. The van der Waals surface area contributed by atoms with Crippen LogP contribution in [0.1, 0.15) is 43.1 Å². The molecule has 0 saturated heterocycles. The zero-order valence-electron chi connectivity index (χ0n) is 17.3. The number of carbonyl (C=O) groups is 3. The van der Waals surface area contributed by atoms with Crippen molar-refractivity contribution in [3.8, 4) is 5.75 Å². The number of hydrogen-bond acceptors (Lipinski definition) is 4. The van der Waals surface area contributed by atoms with Crippen molar-refractivity contribution in [3.63, 3.8) is 0 Å². The number of amides is 3. The molecule has 0 aliphatic carbocycles. The average Bonchev–Trinajstić information content (AvgIpc) is 2.70. The van der Waals surface area contributed by atoms with Gasteiger partial charge in [0.05, 0.1) is 4.47 Å². The SMILES string of the molecule is CCc1ccc(OCC(=O)NNC(=O)c2ccc(NC(=O)CC(C)C)cc2)c(Br)c1. The van der Waals surface area contributed by atoms with Crippen molar-refractivity contribution in [2.75, 3.05) is 11.9 Å². The minimum atomic E-state index is -0.493. The molecule has 0 fully saturated rings.